The van der Waals surface area contributed by atoms with Gasteiger partial charge in [-0.15, -0.1) is 0 Å². The summed E-state index contributed by atoms with van der Waals surface area (Å²) >= 11 is 0. The minimum absolute atomic E-state index is 0.292. The molecule has 1 aromatic rings. The molecule has 0 N–H and O–H groups in total. The Morgan fingerprint density at radius 1 is 1.27 bits per heavy atom. The van der Waals surface area contributed by atoms with Gasteiger partial charge in [0.1, 0.15) is 5.82 Å². The van der Waals surface area contributed by atoms with Crippen LogP contribution in [0.4, 0.5) is 5.82 Å². The third-order valence-electron chi connectivity index (χ3n) is 5.57. The van der Waals surface area contributed by atoms with Gasteiger partial charge in [-0.05, 0) is 56.7 Å². The van der Waals surface area contributed by atoms with E-state index in [1.807, 2.05) is 6.20 Å². The molecule has 1 aromatic heterocycles. The van der Waals surface area contributed by atoms with Gasteiger partial charge < -0.3 is 9.80 Å². The Kier molecular flexibility index (Phi) is 3.35. The second-order valence-corrected chi connectivity index (χ2v) is 7.47. The number of piperidine rings is 2. The smallest absolute Gasteiger partial charge is 0.222 e. The molecule has 3 heterocycles. The van der Waals surface area contributed by atoms with E-state index in [1.165, 1.54) is 31.2 Å². The van der Waals surface area contributed by atoms with Gasteiger partial charge in [-0.3, -0.25) is 4.79 Å². The van der Waals surface area contributed by atoms with Crippen molar-refractivity contribution in [3.05, 3.63) is 23.9 Å². The van der Waals surface area contributed by atoms with Gasteiger partial charge in [0.15, 0.2) is 0 Å². The van der Waals surface area contributed by atoms with Crippen molar-refractivity contribution in [3.63, 3.8) is 0 Å². The molecule has 0 unspecified atom stereocenters. The van der Waals surface area contributed by atoms with E-state index < -0.39 is 0 Å². The summed E-state index contributed by atoms with van der Waals surface area (Å²) in [5.74, 6) is 1.49. The molecule has 4 nitrogen and oxygen atoms in total. The molecule has 3 fully saturated rings. The van der Waals surface area contributed by atoms with Crippen LogP contribution in [0.3, 0.4) is 0 Å². The summed E-state index contributed by atoms with van der Waals surface area (Å²) in [6.07, 6.45) is 8.60. The summed E-state index contributed by atoms with van der Waals surface area (Å²) in [6.45, 7) is 5.24. The maximum atomic E-state index is 12.2. The Bertz CT molecular complexity index is 583. The molecule has 22 heavy (non-hydrogen) atoms. The Morgan fingerprint density at radius 2 is 2.14 bits per heavy atom. The molecule has 1 aliphatic carbocycles. The second-order valence-electron chi connectivity index (χ2n) is 7.47. The van der Waals surface area contributed by atoms with Crippen molar-refractivity contribution in [1.82, 2.24) is 9.88 Å². The van der Waals surface area contributed by atoms with Gasteiger partial charge >= 0.3 is 0 Å². The number of nitrogens with zero attached hydrogens (tertiary/aromatic N) is 3. The van der Waals surface area contributed by atoms with E-state index in [-0.39, 0.29) is 0 Å². The molecule has 2 aliphatic heterocycles. The molecule has 1 atom stereocenters. The Labute approximate surface area is 132 Å². The van der Waals surface area contributed by atoms with Gasteiger partial charge in [-0.25, -0.2) is 4.98 Å². The zero-order valence-corrected chi connectivity index (χ0v) is 13.4. The molecular weight excluding hydrogens is 274 g/mol. The fourth-order valence-corrected chi connectivity index (χ4v) is 4.19. The number of rotatable bonds is 2. The highest BCUT2D eigenvalue weighted by Crippen LogP contribution is 2.43. The summed E-state index contributed by atoms with van der Waals surface area (Å²) < 4.78 is 0. The fraction of sp³-hybridized carbons (Fsp3) is 0.667. The molecule has 4 heteroatoms. The molecular formula is C18H25N3O. The minimum Gasteiger partial charge on any atom is -0.356 e. The Balaban J connectivity index is 1.53. The SMILES string of the molecule is Cc1ccnc(N2CCC[C@@]3(CCC(=O)N(C4CC4)C3)C2)c1. The summed E-state index contributed by atoms with van der Waals surface area (Å²) in [7, 11) is 0. The number of aryl methyl sites for hydroxylation is 1. The number of aromatic nitrogens is 1. The van der Waals surface area contributed by atoms with E-state index in [2.05, 4.69) is 33.8 Å². The number of carbonyl (C=O) groups excluding carboxylic acids is 1. The molecule has 0 aromatic carbocycles. The predicted octanol–water partition coefficient (Wildman–Crippen LogP) is 2.76. The number of carbonyl (C=O) groups is 1. The lowest BCUT2D eigenvalue weighted by molar-refractivity contribution is -0.138. The second kappa shape index (κ2) is 5.25. The zero-order chi connectivity index (χ0) is 15.2. The third-order valence-corrected chi connectivity index (χ3v) is 5.57. The zero-order valence-electron chi connectivity index (χ0n) is 13.4. The topological polar surface area (TPSA) is 36.4 Å². The Morgan fingerprint density at radius 3 is 2.91 bits per heavy atom. The van der Waals surface area contributed by atoms with E-state index in [0.29, 0.717) is 17.4 Å². The first-order valence-electron chi connectivity index (χ1n) is 8.62. The normalized spacial score (nSPS) is 29.2. The molecule has 0 radical (unpaired) electrons. The van der Waals surface area contributed by atoms with Gasteiger partial charge in [0.05, 0.1) is 0 Å². The lowest BCUT2D eigenvalue weighted by Gasteiger charge is -2.48. The van der Waals surface area contributed by atoms with E-state index in [9.17, 15) is 4.79 Å². The van der Waals surface area contributed by atoms with Gasteiger partial charge in [0.25, 0.3) is 0 Å². The van der Waals surface area contributed by atoms with Crippen molar-refractivity contribution in [2.24, 2.45) is 5.41 Å². The first-order valence-corrected chi connectivity index (χ1v) is 8.62. The highest BCUT2D eigenvalue weighted by atomic mass is 16.2. The molecule has 1 saturated carbocycles. The van der Waals surface area contributed by atoms with Gasteiger partial charge in [-0.2, -0.15) is 0 Å². The fourth-order valence-electron chi connectivity index (χ4n) is 4.19. The lowest BCUT2D eigenvalue weighted by Crippen LogP contribution is -2.54. The van der Waals surface area contributed by atoms with Crippen LogP contribution in [0.2, 0.25) is 0 Å². The van der Waals surface area contributed by atoms with Crippen molar-refractivity contribution in [1.29, 1.82) is 0 Å². The van der Waals surface area contributed by atoms with Crippen LogP contribution in [0.25, 0.3) is 0 Å². The summed E-state index contributed by atoms with van der Waals surface area (Å²) in [5.41, 5.74) is 1.56. The maximum absolute atomic E-state index is 12.2. The molecule has 0 bridgehead atoms. The third kappa shape index (κ3) is 2.59. The van der Waals surface area contributed by atoms with Crippen molar-refractivity contribution < 1.29 is 4.79 Å². The average molecular weight is 299 g/mol. The first-order chi connectivity index (χ1) is 10.7. The van der Waals surface area contributed by atoms with Crippen molar-refractivity contribution in [3.8, 4) is 0 Å². The van der Waals surface area contributed by atoms with E-state index in [1.54, 1.807) is 0 Å². The highest BCUT2D eigenvalue weighted by molar-refractivity contribution is 5.78. The van der Waals surface area contributed by atoms with Crippen LogP contribution in [-0.4, -0.2) is 41.5 Å². The predicted molar refractivity (Wildman–Crippen MR) is 86.8 cm³/mol. The number of pyridine rings is 1. The number of hydrogen-bond acceptors (Lipinski definition) is 3. The van der Waals surface area contributed by atoms with Gasteiger partial charge in [0.2, 0.25) is 5.91 Å². The van der Waals surface area contributed by atoms with E-state index >= 15 is 0 Å². The summed E-state index contributed by atoms with van der Waals surface area (Å²) in [4.78, 5) is 21.4. The van der Waals surface area contributed by atoms with Crippen LogP contribution in [0, 0.1) is 12.3 Å². The maximum Gasteiger partial charge on any atom is 0.222 e. The van der Waals surface area contributed by atoms with Crippen molar-refractivity contribution in [2.45, 2.75) is 51.5 Å². The number of anilines is 1. The largest absolute Gasteiger partial charge is 0.356 e. The van der Waals surface area contributed by atoms with Gasteiger partial charge in [-0.1, -0.05) is 0 Å². The Hall–Kier alpha value is -1.58. The van der Waals surface area contributed by atoms with Crippen LogP contribution in [-0.2, 0) is 4.79 Å². The van der Waals surface area contributed by atoms with Crippen LogP contribution in [0.1, 0.15) is 44.1 Å². The molecule has 2 saturated heterocycles. The minimum atomic E-state index is 0.292. The average Bonchev–Trinajstić information content (AvgIpc) is 3.35. The quantitative estimate of drug-likeness (QED) is 0.842. The van der Waals surface area contributed by atoms with Gasteiger partial charge in [0, 0.05) is 43.7 Å². The standard InChI is InChI=1S/C18H25N3O/c1-14-6-9-19-16(11-14)20-10-2-7-18(12-20)8-5-17(22)21(13-18)15-3-4-15/h6,9,11,15H,2-5,7-8,10,12-13H2,1H3/t18-/m1/s1. The van der Waals surface area contributed by atoms with Crippen molar-refractivity contribution >= 4 is 11.7 Å². The summed E-state index contributed by atoms with van der Waals surface area (Å²) in [6, 6.07) is 4.79. The number of hydrogen-bond donors (Lipinski definition) is 0. The monoisotopic (exact) mass is 299 g/mol. The molecule has 1 amide bonds. The molecule has 1 spiro atoms. The molecule has 4 rings (SSSR count). The number of amides is 1. The van der Waals surface area contributed by atoms with Crippen LogP contribution in [0.5, 0.6) is 0 Å². The molecule has 118 valence electrons. The lowest BCUT2D eigenvalue weighted by atomic mass is 9.73. The molecule has 3 aliphatic rings. The van der Waals surface area contributed by atoms with Crippen LogP contribution < -0.4 is 4.90 Å². The van der Waals surface area contributed by atoms with E-state index in [0.717, 1.165) is 38.3 Å². The van der Waals surface area contributed by atoms with Crippen molar-refractivity contribution in [2.75, 3.05) is 24.5 Å². The first kappa shape index (κ1) is 14.0. The highest BCUT2D eigenvalue weighted by Gasteiger charge is 2.45. The van der Waals surface area contributed by atoms with Crippen LogP contribution >= 0.6 is 0 Å². The van der Waals surface area contributed by atoms with E-state index in [4.69, 9.17) is 0 Å². The number of likely N-dealkylation sites (tertiary alicyclic amines) is 1. The van der Waals surface area contributed by atoms with Crippen LogP contribution in [0.15, 0.2) is 18.3 Å². The summed E-state index contributed by atoms with van der Waals surface area (Å²) in [5, 5.41) is 0.